The van der Waals surface area contributed by atoms with Crippen LogP contribution in [0.2, 0.25) is 0 Å². The molecule has 0 aliphatic carbocycles. The molecule has 2 rings (SSSR count). The Morgan fingerprint density at radius 3 is 3.05 bits per heavy atom. The van der Waals surface area contributed by atoms with Crippen LogP contribution >= 0.6 is 0 Å². The lowest BCUT2D eigenvalue weighted by Crippen LogP contribution is -2.31. The Morgan fingerprint density at radius 2 is 2.33 bits per heavy atom. The lowest BCUT2D eigenvalue weighted by Gasteiger charge is -2.12. The second kappa shape index (κ2) is 7.43. The topological polar surface area (TPSA) is 91.3 Å². The highest BCUT2D eigenvalue weighted by Crippen LogP contribution is 2.12. The van der Waals surface area contributed by atoms with E-state index in [2.05, 4.69) is 10.5 Å². The minimum absolute atomic E-state index is 0.153. The predicted molar refractivity (Wildman–Crippen MR) is 75.6 cm³/mol. The van der Waals surface area contributed by atoms with Gasteiger partial charge >= 0.3 is 0 Å². The molecular weight excluding hydrogens is 270 g/mol. The number of aryl methyl sites for hydroxylation is 1. The van der Waals surface area contributed by atoms with Crippen molar-refractivity contribution in [1.29, 1.82) is 5.26 Å². The van der Waals surface area contributed by atoms with E-state index in [0.717, 1.165) is 11.5 Å². The van der Waals surface area contributed by atoms with E-state index in [1.54, 1.807) is 24.3 Å². The Labute approximate surface area is 122 Å². The normalized spacial score (nSPS) is 11.9. The fourth-order valence-corrected chi connectivity index (χ4v) is 1.77. The number of hydrogen-bond acceptors (Lipinski definition) is 6. The second-order valence-electron chi connectivity index (χ2n) is 4.66. The van der Waals surface area contributed by atoms with E-state index in [0.29, 0.717) is 24.4 Å². The summed E-state index contributed by atoms with van der Waals surface area (Å²) in [5.74, 6) is 1.33. The Morgan fingerprint density at radius 1 is 1.48 bits per heavy atom. The van der Waals surface area contributed by atoms with Crippen molar-refractivity contribution in [2.75, 3.05) is 13.2 Å². The summed E-state index contributed by atoms with van der Waals surface area (Å²) < 4.78 is 10.4. The first-order valence-electron chi connectivity index (χ1n) is 6.61. The van der Waals surface area contributed by atoms with Gasteiger partial charge < -0.3 is 19.7 Å². The van der Waals surface area contributed by atoms with Gasteiger partial charge in [-0.15, -0.1) is 0 Å². The summed E-state index contributed by atoms with van der Waals surface area (Å²) in [5.41, 5.74) is 1.32. The van der Waals surface area contributed by atoms with Gasteiger partial charge in [-0.05, 0) is 25.1 Å². The third-order valence-corrected chi connectivity index (χ3v) is 2.77. The molecule has 0 bridgehead atoms. The van der Waals surface area contributed by atoms with E-state index in [-0.39, 0.29) is 6.61 Å². The van der Waals surface area contributed by atoms with E-state index in [4.69, 9.17) is 14.5 Å². The van der Waals surface area contributed by atoms with Gasteiger partial charge in [-0.3, -0.25) is 0 Å². The summed E-state index contributed by atoms with van der Waals surface area (Å²) in [5, 5.41) is 25.5. The first-order chi connectivity index (χ1) is 10.2. The molecule has 1 aromatic carbocycles. The molecule has 6 heteroatoms. The monoisotopic (exact) mass is 287 g/mol. The van der Waals surface area contributed by atoms with Gasteiger partial charge in [-0.1, -0.05) is 11.2 Å². The molecule has 0 aliphatic heterocycles. The third kappa shape index (κ3) is 4.91. The van der Waals surface area contributed by atoms with Crippen molar-refractivity contribution in [3.8, 4) is 11.8 Å². The van der Waals surface area contributed by atoms with Crippen LogP contribution in [-0.2, 0) is 6.54 Å². The second-order valence-corrected chi connectivity index (χ2v) is 4.66. The number of aromatic nitrogens is 1. The average molecular weight is 287 g/mol. The number of aliphatic hydroxyl groups is 1. The minimum Gasteiger partial charge on any atom is -0.491 e. The molecule has 0 saturated carbocycles. The molecule has 2 N–H and O–H groups in total. The number of nitriles is 1. The van der Waals surface area contributed by atoms with Crippen LogP contribution in [0.3, 0.4) is 0 Å². The zero-order valence-electron chi connectivity index (χ0n) is 11.7. The first kappa shape index (κ1) is 15.0. The predicted octanol–water partition coefficient (Wildman–Crippen LogP) is 1.38. The van der Waals surface area contributed by atoms with Crippen molar-refractivity contribution in [2.24, 2.45) is 0 Å². The molecule has 21 heavy (non-hydrogen) atoms. The summed E-state index contributed by atoms with van der Waals surface area (Å²) >= 11 is 0. The fourth-order valence-electron chi connectivity index (χ4n) is 1.77. The minimum atomic E-state index is -0.649. The van der Waals surface area contributed by atoms with E-state index >= 15 is 0 Å². The number of benzene rings is 1. The highest BCUT2D eigenvalue weighted by Gasteiger charge is 2.06. The highest BCUT2D eigenvalue weighted by molar-refractivity contribution is 5.36. The zero-order valence-corrected chi connectivity index (χ0v) is 11.7. The number of nitrogens with one attached hydrogen (secondary N) is 1. The van der Waals surface area contributed by atoms with Crippen LogP contribution < -0.4 is 10.1 Å². The molecule has 0 aliphatic rings. The maximum atomic E-state index is 9.82. The summed E-state index contributed by atoms with van der Waals surface area (Å²) in [6.07, 6.45) is -0.649. The van der Waals surface area contributed by atoms with Crippen LogP contribution in [0.1, 0.15) is 17.0 Å². The lowest BCUT2D eigenvalue weighted by atomic mass is 10.2. The summed E-state index contributed by atoms with van der Waals surface area (Å²) in [6, 6.07) is 10.7. The van der Waals surface area contributed by atoms with Crippen LogP contribution in [0.5, 0.6) is 5.75 Å². The molecule has 0 saturated heterocycles. The number of hydrogen-bond donors (Lipinski definition) is 2. The van der Waals surface area contributed by atoms with Gasteiger partial charge in [0.25, 0.3) is 0 Å². The molecule has 1 unspecified atom stereocenters. The van der Waals surface area contributed by atoms with Crippen molar-refractivity contribution in [3.63, 3.8) is 0 Å². The maximum absolute atomic E-state index is 9.82. The van der Waals surface area contributed by atoms with Crippen LogP contribution in [0.25, 0.3) is 0 Å². The largest absolute Gasteiger partial charge is 0.491 e. The van der Waals surface area contributed by atoms with E-state index < -0.39 is 6.10 Å². The van der Waals surface area contributed by atoms with Gasteiger partial charge in [-0.25, -0.2) is 0 Å². The van der Waals surface area contributed by atoms with Gasteiger partial charge in [0.05, 0.1) is 17.3 Å². The highest BCUT2D eigenvalue weighted by atomic mass is 16.5. The zero-order chi connectivity index (χ0) is 15.1. The molecule has 0 amide bonds. The van der Waals surface area contributed by atoms with Gasteiger partial charge in [-0.2, -0.15) is 5.26 Å². The van der Waals surface area contributed by atoms with Gasteiger partial charge in [0.15, 0.2) is 0 Å². The molecule has 2 aromatic rings. The molecular formula is C15H17N3O3. The summed E-state index contributed by atoms with van der Waals surface area (Å²) in [4.78, 5) is 0. The van der Waals surface area contributed by atoms with Gasteiger partial charge in [0, 0.05) is 19.2 Å². The Kier molecular flexibility index (Phi) is 5.32. The number of aliphatic hydroxyl groups excluding tert-OH is 1. The van der Waals surface area contributed by atoms with Crippen molar-refractivity contribution in [2.45, 2.75) is 19.6 Å². The summed E-state index contributed by atoms with van der Waals surface area (Å²) in [7, 11) is 0. The molecule has 110 valence electrons. The maximum Gasteiger partial charge on any atom is 0.133 e. The first-order valence-corrected chi connectivity index (χ1v) is 6.61. The quantitative estimate of drug-likeness (QED) is 0.799. The molecule has 1 aromatic heterocycles. The number of ether oxygens (including phenoxy) is 1. The van der Waals surface area contributed by atoms with Crippen LogP contribution in [0, 0.1) is 18.3 Å². The van der Waals surface area contributed by atoms with Crippen LogP contribution in [0.15, 0.2) is 34.9 Å². The molecule has 0 fully saturated rings. The molecule has 0 spiro atoms. The average Bonchev–Trinajstić information content (AvgIpc) is 2.91. The standard InChI is InChI=1S/C15H17N3O3/c1-11-5-13(18-21-11)8-17-9-14(19)10-20-15-4-2-3-12(6-15)7-16/h2-6,14,17,19H,8-10H2,1H3. The van der Waals surface area contributed by atoms with E-state index in [9.17, 15) is 5.11 Å². The number of rotatable bonds is 7. The molecule has 1 heterocycles. The Hall–Kier alpha value is -2.36. The van der Waals surface area contributed by atoms with E-state index in [1.807, 2.05) is 19.1 Å². The summed E-state index contributed by atoms with van der Waals surface area (Å²) in [6.45, 7) is 2.89. The van der Waals surface area contributed by atoms with Crippen molar-refractivity contribution in [1.82, 2.24) is 10.5 Å². The van der Waals surface area contributed by atoms with Crippen LogP contribution in [0.4, 0.5) is 0 Å². The van der Waals surface area contributed by atoms with Crippen molar-refractivity contribution in [3.05, 3.63) is 47.3 Å². The molecule has 6 nitrogen and oxygen atoms in total. The van der Waals surface area contributed by atoms with E-state index in [1.165, 1.54) is 0 Å². The third-order valence-electron chi connectivity index (χ3n) is 2.77. The van der Waals surface area contributed by atoms with Gasteiger partial charge in [0.1, 0.15) is 24.2 Å². The number of nitrogens with zero attached hydrogens (tertiary/aromatic N) is 2. The molecule has 1 atom stereocenters. The van der Waals surface area contributed by atoms with Gasteiger partial charge in [0.2, 0.25) is 0 Å². The van der Waals surface area contributed by atoms with Crippen molar-refractivity contribution < 1.29 is 14.4 Å². The smallest absolute Gasteiger partial charge is 0.133 e. The SMILES string of the molecule is Cc1cc(CNCC(O)COc2cccc(C#N)c2)no1. The Bertz CT molecular complexity index is 619. The van der Waals surface area contributed by atoms with Crippen molar-refractivity contribution >= 4 is 0 Å². The Balaban J connectivity index is 1.69. The fraction of sp³-hybridized carbons (Fsp3) is 0.333. The molecule has 0 radical (unpaired) electrons. The van der Waals surface area contributed by atoms with Crippen LogP contribution in [-0.4, -0.2) is 29.5 Å². The lowest BCUT2D eigenvalue weighted by molar-refractivity contribution is 0.106.